The Hall–Kier alpha value is -0.430. The number of nitrogens with zero attached hydrogens (tertiary/aromatic N) is 1. The van der Waals surface area contributed by atoms with Gasteiger partial charge in [0.1, 0.15) is 4.21 Å². The topological polar surface area (TPSA) is 49.4 Å². The van der Waals surface area contributed by atoms with E-state index in [1.807, 2.05) is 26.8 Å². The summed E-state index contributed by atoms with van der Waals surface area (Å²) in [5.74, 6) is 0. The quantitative estimate of drug-likeness (QED) is 0.745. The summed E-state index contributed by atoms with van der Waals surface area (Å²) in [5.41, 5.74) is -0.0496. The van der Waals surface area contributed by atoms with Gasteiger partial charge in [-0.2, -0.15) is 4.31 Å². The number of thiophene rings is 1. The minimum absolute atomic E-state index is 0.0496. The maximum Gasteiger partial charge on any atom is 0.252 e. The van der Waals surface area contributed by atoms with Crippen molar-refractivity contribution in [3.8, 4) is 0 Å². The van der Waals surface area contributed by atoms with E-state index in [1.54, 1.807) is 13.1 Å². The van der Waals surface area contributed by atoms with Gasteiger partial charge in [0, 0.05) is 18.5 Å². The lowest BCUT2D eigenvalue weighted by Crippen LogP contribution is -2.34. The molecule has 0 radical (unpaired) electrons. The van der Waals surface area contributed by atoms with Gasteiger partial charge in [0.05, 0.1) is 0 Å². The normalized spacial score (nSPS) is 13.0. The zero-order valence-electron chi connectivity index (χ0n) is 13.8. The molecule has 0 amide bonds. The minimum atomic E-state index is -3.36. The Bertz CT molecular complexity index is 530. The first-order valence-electron chi connectivity index (χ1n) is 7.42. The molecule has 122 valence electrons. The molecule has 1 aromatic heterocycles. The molecule has 4 nitrogen and oxygen atoms in total. The van der Waals surface area contributed by atoms with Crippen LogP contribution in [0.4, 0.5) is 0 Å². The van der Waals surface area contributed by atoms with Crippen molar-refractivity contribution in [2.24, 2.45) is 5.41 Å². The molecule has 0 aliphatic heterocycles. The van der Waals surface area contributed by atoms with Crippen LogP contribution in [0.3, 0.4) is 0 Å². The Kier molecular flexibility index (Phi) is 6.84. The highest BCUT2D eigenvalue weighted by molar-refractivity contribution is 7.91. The van der Waals surface area contributed by atoms with Gasteiger partial charge in [0.2, 0.25) is 0 Å². The summed E-state index contributed by atoms with van der Waals surface area (Å²) in [4.78, 5) is 1.11. The summed E-state index contributed by atoms with van der Waals surface area (Å²) in [6.07, 6.45) is 1.99. The van der Waals surface area contributed by atoms with Crippen molar-refractivity contribution >= 4 is 21.4 Å². The number of nitrogens with one attached hydrogen (secondary N) is 1. The van der Waals surface area contributed by atoms with Crippen LogP contribution in [-0.4, -0.2) is 39.4 Å². The van der Waals surface area contributed by atoms with Gasteiger partial charge in [0.15, 0.2) is 0 Å². The van der Waals surface area contributed by atoms with E-state index in [4.69, 9.17) is 0 Å². The van der Waals surface area contributed by atoms with E-state index in [0.717, 1.165) is 30.8 Å². The summed E-state index contributed by atoms with van der Waals surface area (Å²) in [6, 6.07) is 3.66. The molecule has 0 bridgehead atoms. The summed E-state index contributed by atoms with van der Waals surface area (Å²) in [6.45, 7) is 10.7. The molecule has 1 N–H and O–H groups in total. The lowest BCUT2D eigenvalue weighted by atomic mass is 9.97. The smallest absolute Gasteiger partial charge is 0.252 e. The third-order valence-corrected chi connectivity index (χ3v) is 6.39. The highest BCUT2D eigenvalue weighted by atomic mass is 32.2. The van der Waals surface area contributed by atoms with E-state index in [-0.39, 0.29) is 5.41 Å². The fourth-order valence-electron chi connectivity index (χ4n) is 2.05. The van der Waals surface area contributed by atoms with E-state index in [1.165, 1.54) is 15.6 Å². The van der Waals surface area contributed by atoms with Gasteiger partial charge in [-0.05, 0) is 43.5 Å². The first-order chi connectivity index (χ1) is 9.66. The highest BCUT2D eigenvalue weighted by Crippen LogP contribution is 2.26. The predicted molar refractivity (Wildman–Crippen MR) is 90.5 cm³/mol. The summed E-state index contributed by atoms with van der Waals surface area (Å²) in [5, 5.41) is 3.33. The van der Waals surface area contributed by atoms with Crippen LogP contribution in [0.15, 0.2) is 16.3 Å². The Balaban J connectivity index is 2.70. The Morgan fingerprint density at radius 3 is 2.48 bits per heavy atom. The molecule has 0 fully saturated rings. The van der Waals surface area contributed by atoms with Crippen LogP contribution in [0, 0.1) is 5.41 Å². The monoisotopic (exact) mass is 332 g/mol. The van der Waals surface area contributed by atoms with Crippen molar-refractivity contribution in [1.29, 1.82) is 0 Å². The van der Waals surface area contributed by atoms with Crippen LogP contribution in [-0.2, 0) is 16.4 Å². The van der Waals surface area contributed by atoms with Gasteiger partial charge in [-0.25, -0.2) is 8.42 Å². The van der Waals surface area contributed by atoms with Crippen molar-refractivity contribution < 1.29 is 8.42 Å². The number of hydrogen-bond acceptors (Lipinski definition) is 4. The summed E-state index contributed by atoms with van der Waals surface area (Å²) >= 11 is 1.38. The van der Waals surface area contributed by atoms with E-state index >= 15 is 0 Å². The number of sulfonamides is 1. The lowest BCUT2D eigenvalue weighted by molar-refractivity contribution is 0.311. The molecule has 0 aliphatic carbocycles. The first kappa shape index (κ1) is 18.6. The number of hydrogen-bond donors (Lipinski definition) is 1. The van der Waals surface area contributed by atoms with Gasteiger partial charge in [-0.3, -0.25) is 0 Å². The Morgan fingerprint density at radius 1 is 1.24 bits per heavy atom. The molecule has 0 saturated carbocycles. The van der Waals surface area contributed by atoms with E-state index in [0.29, 0.717) is 10.8 Å². The maximum atomic E-state index is 12.5. The molecule has 1 aromatic rings. The molecular weight excluding hydrogens is 304 g/mol. The van der Waals surface area contributed by atoms with Gasteiger partial charge in [0.25, 0.3) is 10.0 Å². The molecule has 1 rings (SSSR count). The van der Waals surface area contributed by atoms with Crippen LogP contribution in [0.1, 0.15) is 39.0 Å². The second-order valence-electron chi connectivity index (χ2n) is 6.54. The molecule has 0 spiro atoms. The van der Waals surface area contributed by atoms with E-state index in [9.17, 15) is 8.42 Å². The zero-order valence-corrected chi connectivity index (χ0v) is 15.4. The van der Waals surface area contributed by atoms with Crippen molar-refractivity contribution in [3.63, 3.8) is 0 Å². The second kappa shape index (κ2) is 7.72. The fraction of sp³-hybridized carbons (Fsp3) is 0.733. The van der Waals surface area contributed by atoms with Crippen molar-refractivity contribution in [2.75, 3.05) is 26.7 Å². The molecular formula is C15H28N2O2S2. The lowest BCUT2D eigenvalue weighted by Gasteiger charge is -2.25. The van der Waals surface area contributed by atoms with Crippen LogP contribution < -0.4 is 5.32 Å². The average Bonchev–Trinajstić information content (AvgIpc) is 2.82. The number of rotatable bonds is 8. The highest BCUT2D eigenvalue weighted by Gasteiger charge is 2.26. The van der Waals surface area contributed by atoms with Crippen LogP contribution >= 0.6 is 11.3 Å². The SMILES string of the molecule is CCCNCCc1ccc(S(=O)(=O)N(C)CC(C)(C)C)s1. The second-order valence-corrected chi connectivity index (χ2v) is 9.98. The van der Waals surface area contributed by atoms with E-state index in [2.05, 4.69) is 12.2 Å². The molecule has 0 aliphatic rings. The van der Waals surface area contributed by atoms with E-state index < -0.39 is 10.0 Å². The fourth-order valence-corrected chi connectivity index (χ4v) is 5.01. The molecule has 6 heteroatoms. The van der Waals surface area contributed by atoms with Crippen molar-refractivity contribution in [1.82, 2.24) is 9.62 Å². The summed E-state index contributed by atoms with van der Waals surface area (Å²) < 4.78 is 26.9. The van der Waals surface area contributed by atoms with Crippen molar-refractivity contribution in [3.05, 3.63) is 17.0 Å². The van der Waals surface area contributed by atoms with Crippen LogP contribution in [0.25, 0.3) is 0 Å². The van der Waals surface area contributed by atoms with Gasteiger partial charge in [-0.1, -0.05) is 27.7 Å². The molecule has 0 atom stereocenters. The predicted octanol–water partition coefficient (Wildman–Crippen LogP) is 2.96. The minimum Gasteiger partial charge on any atom is -0.316 e. The maximum absolute atomic E-state index is 12.5. The van der Waals surface area contributed by atoms with Crippen molar-refractivity contribution in [2.45, 2.75) is 44.7 Å². The first-order valence-corrected chi connectivity index (χ1v) is 9.68. The average molecular weight is 333 g/mol. The van der Waals surface area contributed by atoms with Gasteiger partial charge in [-0.15, -0.1) is 11.3 Å². The molecule has 0 saturated heterocycles. The molecule has 21 heavy (non-hydrogen) atoms. The third kappa shape index (κ3) is 6.06. The Morgan fingerprint density at radius 2 is 1.90 bits per heavy atom. The Labute approximate surface area is 133 Å². The summed E-state index contributed by atoms with van der Waals surface area (Å²) in [7, 11) is -1.70. The van der Waals surface area contributed by atoms with Gasteiger partial charge < -0.3 is 5.32 Å². The van der Waals surface area contributed by atoms with Crippen LogP contribution in [0.5, 0.6) is 0 Å². The third-order valence-electron chi connectivity index (χ3n) is 2.97. The molecule has 0 aromatic carbocycles. The zero-order chi connectivity index (χ0) is 16.1. The molecule has 1 heterocycles. The largest absolute Gasteiger partial charge is 0.316 e. The van der Waals surface area contributed by atoms with Gasteiger partial charge >= 0.3 is 0 Å². The van der Waals surface area contributed by atoms with Crippen LogP contribution in [0.2, 0.25) is 0 Å². The standard InChI is InChI=1S/C15H28N2O2S2/c1-6-10-16-11-9-13-7-8-14(20-13)21(18,19)17(5)12-15(2,3)4/h7-8,16H,6,9-12H2,1-5H3. The molecule has 0 unspecified atom stereocenters.